The average molecular weight is 198 g/mol. The fraction of sp³-hybridized carbons (Fsp3) is 1.00. The van der Waals surface area contributed by atoms with E-state index in [0.29, 0.717) is 0 Å². The summed E-state index contributed by atoms with van der Waals surface area (Å²) in [4.78, 5) is 2.49. The third kappa shape index (κ3) is 3.25. The lowest BCUT2D eigenvalue weighted by molar-refractivity contribution is 0.0879. The van der Waals surface area contributed by atoms with Crippen LogP contribution < -0.4 is 5.32 Å². The molecule has 0 aromatic carbocycles. The molecular weight excluding hydrogens is 172 g/mol. The maximum Gasteiger partial charge on any atom is 0.0133 e. The van der Waals surface area contributed by atoms with Crippen molar-refractivity contribution in [2.24, 2.45) is 11.8 Å². The van der Waals surface area contributed by atoms with Crippen LogP contribution in [-0.4, -0.2) is 37.6 Å². The Bertz CT molecular complexity index is 156. The summed E-state index contributed by atoms with van der Waals surface area (Å²) in [5.41, 5.74) is 0. The van der Waals surface area contributed by atoms with E-state index in [9.17, 15) is 0 Å². The van der Waals surface area contributed by atoms with E-state index in [1.165, 1.54) is 32.5 Å². The Balaban J connectivity index is 2.13. The summed E-state index contributed by atoms with van der Waals surface area (Å²) >= 11 is 0. The van der Waals surface area contributed by atoms with Gasteiger partial charge in [0.05, 0.1) is 0 Å². The first-order valence-corrected chi connectivity index (χ1v) is 6.06. The van der Waals surface area contributed by atoms with Gasteiger partial charge in [-0.15, -0.1) is 0 Å². The smallest absolute Gasteiger partial charge is 0.0133 e. The lowest BCUT2D eigenvalue weighted by atomic mass is 9.78. The van der Waals surface area contributed by atoms with Gasteiger partial charge in [-0.05, 0) is 51.4 Å². The molecule has 0 saturated heterocycles. The molecule has 14 heavy (non-hydrogen) atoms. The second kappa shape index (κ2) is 5.72. The zero-order valence-corrected chi connectivity index (χ0v) is 10.2. The van der Waals surface area contributed by atoms with Crippen LogP contribution in [0.4, 0.5) is 0 Å². The number of nitrogens with one attached hydrogen (secondary N) is 1. The van der Waals surface area contributed by atoms with Crippen molar-refractivity contribution in [3.63, 3.8) is 0 Å². The average Bonchev–Trinajstić information content (AvgIpc) is 2.09. The zero-order chi connectivity index (χ0) is 10.6. The van der Waals surface area contributed by atoms with Crippen LogP contribution >= 0.6 is 0 Å². The first kappa shape index (κ1) is 12.0. The van der Waals surface area contributed by atoms with E-state index in [1.54, 1.807) is 0 Å². The van der Waals surface area contributed by atoms with Crippen molar-refractivity contribution in [3.8, 4) is 0 Å². The second-order valence-electron chi connectivity index (χ2n) is 5.03. The van der Waals surface area contributed by atoms with Gasteiger partial charge in [0.15, 0.2) is 0 Å². The molecule has 2 nitrogen and oxygen atoms in total. The molecule has 2 heteroatoms. The molecule has 0 amide bonds. The highest BCUT2D eigenvalue weighted by atomic mass is 15.1. The molecule has 1 fully saturated rings. The fourth-order valence-corrected chi connectivity index (χ4v) is 2.16. The molecule has 0 aliphatic heterocycles. The summed E-state index contributed by atoms with van der Waals surface area (Å²) < 4.78 is 0. The standard InChI is InChI=1S/C12H26N2/c1-5-14(4)12-7-6-11(12)9-13-8-10(2)3/h10-13H,5-9H2,1-4H3. The van der Waals surface area contributed by atoms with Crippen LogP contribution in [0.2, 0.25) is 0 Å². The molecule has 1 aliphatic carbocycles. The quantitative estimate of drug-likeness (QED) is 0.702. The SMILES string of the molecule is CCN(C)C1CCC1CNCC(C)C. The Hall–Kier alpha value is -0.0800. The minimum atomic E-state index is 0.775. The predicted octanol–water partition coefficient (Wildman–Crippen LogP) is 1.96. The molecule has 1 aliphatic rings. The third-order valence-corrected chi connectivity index (χ3v) is 3.40. The van der Waals surface area contributed by atoms with E-state index in [0.717, 1.165) is 17.9 Å². The number of hydrogen-bond acceptors (Lipinski definition) is 2. The van der Waals surface area contributed by atoms with Gasteiger partial charge in [0.2, 0.25) is 0 Å². The van der Waals surface area contributed by atoms with E-state index < -0.39 is 0 Å². The maximum absolute atomic E-state index is 3.57. The van der Waals surface area contributed by atoms with E-state index in [1.807, 2.05) is 0 Å². The van der Waals surface area contributed by atoms with Crippen molar-refractivity contribution < 1.29 is 0 Å². The molecule has 1 N–H and O–H groups in total. The summed E-state index contributed by atoms with van der Waals surface area (Å²) in [6, 6.07) is 0.847. The van der Waals surface area contributed by atoms with Gasteiger partial charge in [0.25, 0.3) is 0 Å². The lowest BCUT2D eigenvalue weighted by Gasteiger charge is -2.42. The van der Waals surface area contributed by atoms with Crippen molar-refractivity contribution in [3.05, 3.63) is 0 Å². The van der Waals surface area contributed by atoms with Gasteiger partial charge in [-0.25, -0.2) is 0 Å². The Morgan fingerprint density at radius 3 is 2.50 bits per heavy atom. The number of nitrogens with zero attached hydrogens (tertiary/aromatic N) is 1. The first-order valence-electron chi connectivity index (χ1n) is 6.06. The van der Waals surface area contributed by atoms with Crippen molar-refractivity contribution >= 4 is 0 Å². The summed E-state index contributed by atoms with van der Waals surface area (Å²) in [5.74, 6) is 1.68. The molecule has 0 aromatic rings. The Kier molecular flexibility index (Phi) is 4.90. The Morgan fingerprint density at radius 1 is 1.36 bits per heavy atom. The van der Waals surface area contributed by atoms with Crippen molar-refractivity contribution in [1.82, 2.24) is 10.2 Å². The summed E-state index contributed by atoms with van der Waals surface area (Å²) in [7, 11) is 2.25. The summed E-state index contributed by atoms with van der Waals surface area (Å²) in [5, 5.41) is 3.57. The second-order valence-corrected chi connectivity index (χ2v) is 5.03. The molecule has 0 heterocycles. The van der Waals surface area contributed by atoms with Crippen LogP contribution in [0.15, 0.2) is 0 Å². The molecule has 0 spiro atoms. The fourth-order valence-electron chi connectivity index (χ4n) is 2.16. The van der Waals surface area contributed by atoms with Gasteiger partial charge in [-0.2, -0.15) is 0 Å². The molecular formula is C12H26N2. The first-order chi connectivity index (χ1) is 6.65. The van der Waals surface area contributed by atoms with E-state index in [4.69, 9.17) is 0 Å². The summed E-state index contributed by atoms with van der Waals surface area (Å²) in [6.45, 7) is 10.3. The molecule has 2 atom stereocenters. The molecule has 0 bridgehead atoms. The minimum absolute atomic E-state index is 0.775. The van der Waals surface area contributed by atoms with Crippen LogP contribution in [0.5, 0.6) is 0 Å². The topological polar surface area (TPSA) is 15.3 Å². The van der Waals surface area contributed by atoms with Crippen LogP contribution in [-0.2, 0) is 0 Å². The van der Waals surface area contributed by atoms with E-state index in [-0.39, 0.29) is 0 Å². The largest absolute Gasteiger partial charge is 0.316 e. The van der Waals surface area contributed by atoms with Gasteiger partial charge in [0, 0.05) is 6.04 Å². The van der Waals surface area contributed by atoms with Crippen molar-refractivity contribution in [2.75, 3.05) is 26.7 Å². The van der Waals surface area contributed by atoms with Crippen molar-refractivity contribution in [2.45, 2.75) is 39.7 Å². The van der Waals surface area contributed by atoms with Gasteiger partial charge >= 0.3 is 0 Å². The highest BCUT2D eigenvalue weighted by Crippen LogP contribution is 2.30. The Morgan fingerprint density at radius 2 is 2.07 bits per heavy atom. The van der Waals surface area contributed by atoms with Gasteiger partial charge in [-0.3, -0.25) is 0 Å². The van der Waals surface area contributed by atoms with Crippen LogP contribution in [0.25, 0.3) is 0 Å². The number of hydrogen-bond donors (Lipinski definition) is 1. The number of rotatable bonds is 6. The molecule has 1 saturated carbocycles. The van der Waals surface area contributed by atoms with Gasteiger partial charge in [0.1, 0.15) is 0 Å². The van der Waals surface area contributed by atoms with Crippen LogP contribution in [0, 0.1) is 11.8 Å². The third-order valence-electron chi connectivity index (χ3n) is 3.40. The molecule has 0 radical (unpaired) electrons. The summed E-state index contributed by atoms with van der Waals surface area (Å²) in [6.07, 6.45) is 2.82. The molecule has 0 aromatic heterocycles. The lowest BCUT2D eigenvalue weighted by Crippen LogP contribution is -2.49. The highest BCUT2D eigenvalue weighted by molar-refractivity contribution is 4.88. The van der Waals surface area contributed by atoms with Gasteiger partial charge in [-0.1, -0.05) is 20.8 Å². The normalized spacial score (nSPS) is 27.0. The van der Waals surface area contributed by atoms with Crippen LogP contribution in [0.1, 0.15) is 33.6 Å². The minimum Gasteiger partial charge on any atom is -0.316 e. The predicted molar refractivity (Wildman–Crippen MR) is 62.5 cm³/mol. The Labute approximate surface area is 89.1 Å². The van der Waals surface area contributed by atoms with Crippen LogP contribution in [0.3, 0.4) is 0 Å². The van der Waals surface area contributed by atoms with Gasteiger partial charge < -0.3 is 10.2 Å². The molecule has 1 rings (SSSR count). The maximum atomic E-state index is 3.57. The van der Waals surface area contributed by atoms with E-state index >= 15 is 0 Å². The monoisotopic (exact) mass is 198 g/mol. The van der Waals surface area contributed by atoms with E-state index in [2.05, 4.69) is 38.0 Å². The molecule has 2 unspecified atom stereocenters. The zero-order valence-electron chi connectivity index (χ0n) is 10.2. The highest BCUT2D eigenvalue weighted by Gasteiger charge is 2.32. The van der Waals surface area contributed by atoms with Crippen molar-refractivity contribution in [1.29, 1.82) is 0 Å². The molecule has 84 valence electrons.